The maximum absolute atomic E-state index is 4.62. The van der Waals surface area contributed by atoms with E-state index >= 15 is 0 Å². The van der Waals surface area contributed by atoms with Crippen molar-refractivity contribution in [3.63, 3.8) is 0 Å². The minimum absolute atomic E-state index is 0.976. The van der Waals surface area contributed by atoms with Gasteiger partial charge < -0.3 is 14.5 Å². The first-order chi connectivity index (χ1) is 26.2. The Morgan fingerprint density at radius 2 is 1.21 bits per heavy atom. The molecule has 1 N–H and O–H groups in total. The quantitative estimate of drug-likeness (QED) is 0.198. The minimum atomic E-state index is 0.976. The number of aromatic nitrogens is 2. The summed E-state index contributed by atoms with van der Waals surface area (Å²) >= 11 is 0. The Hall–Kier alpha value is -7.10. The fourth-order valence-electron chi connectivity index (χ4n) is 8.45. The molecule has 3 nitrogen and oxygen atoms in total. The first-order valence-corrected chi connectivity index (χ1v) is 18.1. The number of fused-ring (bicyclic) bond motifs is 9. The number of allylic oxidation sites excluding steroid dienone is 4. The third kappa shape index (κ3) is 4.61. The molecule has 0 atom stereocenters. The van der Waals surface area contributed by atoms with E-state index in [0.29, 0.717) is 0 Å². The predicted molar refractivity (Wildman–Crippen MR) is 226 cm³/mol. The van der Waals surface area contributed by atoms with Gasteiger partial charge in [0.1, 0.15) is 0 Å². The van der Waals surface area contributed by atoms with Crippen LogP contribution in [-0.2, 0) is 0 Å². The smallest absolute Gasteiger partial charge is 0.0562 e. The van der Waals surface area contributed by atoms with Gasteiger partial charge in [-0.2, -0.15) is 0 Å². The average molecular weight is 676 g/mol. The van der Waals surface area contributed by atoms with Crippen molar-refractivity contribution in [2.75, 3.05) is 4.90 Å². The lowest BCUT2D eigenvalue weighted by Gasteiger charge is -2.27. The maximum atomic E-state index is 4.62. The van der Waals surface area contributed by atoms with Crippen molar-refractivity contribution in [3.8, 4) is 5.69 Å². The van der Waals surface area contributed by atoms with E-state index in [1.165, 1.54) is 54.1 Å². The number of para-hydroxylation sites is 2. The maximum Gasteiger partial charge on any atom is 0.0562 e. The van der Waals surface area contributed by atoms with Gasteiger partial charge in [-0.3, -0.25) is 0 Å². The standard InChI is InChI=1S/C50H33N3/c1-32-27-37(25-26-52(47-19-9-7-15-39(32)47)48-20-10-14-34-12-4-5-16-40(34)48)36-22-24-49-43(29-36)44-30-42-41-17-6-8-18-45(41)51-46(42)31-50(44)53(49)38-23-21-33-11-2-3-13-35(33)28-38/h2-31,51H,1H2/b26-25-,37-27+. The van der Waals surface area contributed by atoms with Crippen LogP contribution in [0, 0.1) is 0 Å². The number of aromatic amines is 1. The van der Waals surface area contributed by atoms with Gasteiger partial charge in [-0.1, -0.05) is 116 Å². The molecule has 0 unspecified atom stereocenters. The second kappa shape index (κ2) is 11.5. The molecule has 3 heteroatoms. The van der Waals surface area contributed by atoms with E-state index in [9.17, 15) is 0 Å². The van der Waals surface area contributed by atoms with E-state index in [-0.39, 0.29) is 0 Å². The van der Waals surface area contributed by atoms with Crippen LogP contribution in [-0.4, -0.2) is 9.55 Å². The molecule has 1 aliphatic rings. The van der Waals surface area contributed by atoms with E-state index < -0.39 is 0 Å². The van der Waals surface area contributed by atoms with E-state index in [1.807, 2.05) is 0 Å². The Balaban J connectivity index is 1.14. The summed E-state index contributed by atoms with van der Waals surface area (Å²) in [5.74, 6) is 0. The molecule has 2 aromatic heterocycles. The lowest BCUT2D eigenvalue weighted by atomic mass is 9.95. The number of nitrogens with zero attached hydrogens (tertiary/aromatic N) is 2. The first-order valence-electron chi connectivity index (χ1n) is 18.1. The third-order valence-electron chi connectivity index (χ3n) is 11.0. The number of hydrogen-bond donors (Lipinski definition) is 1. The molecule has 0 saturated heterocycles. The second-order valence-corrected chi connectivity index (χ2v) is 14.0. The summed E-state index contributed by atoms with van der Waals surface area (Å²) in [7, 11) is 0. The van der Waals surface area contributed by atoms with Gasteiger partial charge in [0.2, 0.25) is 0 Å². The van der Waals surface area contributed by atoms with Gasteiger partial charge in [0.15, 0.2) is 0 Å². The highest BCUT2D eigenvalue weighted by Crippen LogP contribution is 2.42. The summed E-state index contributed by atoms with van der Waals surface area (Å²) in [4.78, 5) is 6.01. The lowest BCUT2D eigenvalue weighted by Crippen LogP contribution is -2.12. The lowest BCUT2D eigenvalue weighted by molar-refractivity contribution is 1.19. The summed E-state index contributed by atoms with van der Waals surface area (Å²) in [6, 6.07) is 59.3. The monoisotopic (exact) mass is 675 g/mol. The van der Waals surface area contributed by atoms with Crippen molar-refractivity contribution < 1.29 is 0 Å². The molecule has 0 saturated carbocycles. The molecule has 0 bridgehead atoms. The zero-order chi connectivity index (χ0) is 35.0. The highest BCUT2D eigenvalue weighted by Gasteiger charge is 2.20. The Morgan fingerprint density at radius 3 is 2.13 bits per heavy atom. The largest absolute Gasteiger partial charge is 0.354 e. The number of benzene rings is 8. The number of rotatable bonds is 3. The number of nitrogens with one attached hydrogen (secondary N) is 1. The molecule has 0 fully saturated rings. The van der Waals surface area contributed by atoms with E-state index in [1.54, 1.807) is 0 Å². The van der Waals surface area contributed by atoms with Crippen molar-refractivity contribution >= 4 is 87.7 Å². The summed E-state index contributed by atoms with van der Waals surface area (Å²) < 4.78 is 2.42. The third-order valence-corrected chi connectivity index (χ3v) is 11.0. The van der Waals surface area contributed by atoms with Gasteiger partial charge in [0, 0.05) is 55.4 Å². The average Bonchev–Trinajstić information content (AvgIpc) is 3.73. The first kappa shape index (κ1) is 29.6. The number of H-pyrrole nitrogens is 1. The normalized spacial score (nSPS) is 14.9. The molecule has 53 heavy (non-hydrogen) atoms. The molecule has 0 amide bonds. The Kier molecular flexibility index (Phi) is 6.40. The Bertz CT molecular complexity index is 3200. The fraction of sp³-hybridized carbons (Fsp3) is 0. The predicted octanol–water partition coefficient (Wildman–Crippen LogP) is 13.5. The van der Waals surface area contributed by atoms with Gasteiger partial charge in [-0.25, -0.2) is 0 Å². The molecule has 11 rings (SSSR count). The van der Waals surface area contributed by atoms with Gasteiger partial charge in [-0.05, 0) is 99.6 Å². The van der Waals surface area contributed by atoms with E-state index in [2.05, 4.69) is 203 Å². The zero-order valence-corrected chi connectivity index (χ0v) is 28.9. The van der Waals surface area contributed by atoms with Crippen LogP contribution in [0.4, 0.5) is 11.4 Å². The summed E-state index contributed by atoms with van der Waals surface area (Å²) in [6.45, 7) is 4.62. The van der Waals surface area contributed by atoms with Crippen molar-refractivity contribution in [2.45, 2.75) is 0 Å². The Morgan fingerprint density at radius 1 is 0.472 bits per heavy atom. The molecule has 10 aromatic rings. The van der Waals surface area contributed by atoms with Crippen LogP contribution in [0.25, 0.3) is 82.0 Å². The number of hydrogen-bond acceptors (Lipinski definition) is 1. The van der Waals surface area contributed by atoms with E-state index in [4.69, 9.17) is 0 Å². The van der Waals surface area contributed by atoms with Crippen LogP contribution >= 0.6 is 0 Å². The fourth-order valence-corrected chi connectivity index (χ4v) is 8.45. The topological polar surface area (TPSA) is 24.0 Å². The molecule has 8 aromatic carbocycles. The highest BCUT2D eigenvalue weighted by molar-refractivity contribution is 6.19. The van der Waals surface area contributed by atoms with Gasteiger partial charge >= 0.3 is 0 Å². The molecule has 1 aliphatic heterocycles. The summed E-state index contributed by atoms with van der Waals surface area (Å²) in [6.07, 6.45) is 6.69. The van der Waals surface area contributed by atoms with Crippen molar-refractivity contribution in [1.82, 2.24) is 9.55 Å². The highest BCUT2D eigenvalue weighted by atomic mass is 15.1. The Labute approximate surface area is 306 Å². The molecule has 248 valence electrons. The van der Waals surface area contributed by atoms with Crippen LogP contribution in [0.15, 0.2) is 189 Å². The minimum Gasteiger partial charge on any atom is -0.354 e. The molecular formula is C50H33N3. The van der Waals surface area contributed by atoms with Gasteiger partial charge in [0.05, 0.1) is 22.4 Å². The van der Waals surface area contributed by atoms with Crippen LogP contribution < -0.4 is 4.90 Å². The van der Waals surface area contributed by atoms with Crippen molar-refractivity contribution in [1.29, 1.82) is 0 Å². The number of anilines is 2. The molecule has 0 aliphatic carbocycles. The molecular weight excluding hydrogens is 643 g/mol. The van der Waals surface area contributed by atoms with Crippen molar-refractivity contribution in [2.24, 2.45) is 0 Å². The van der Waals surface area contributed by atoms with Crippen LogP contribution in [0.2, 0.25) is 0 Å². The van der Waals surface area contributed by atoms with Gasteiger partial charge in [0.25, 0.3) is 0 Å². The molecule has 3 heterocycles. The zero-order valence-electron chi connectivity index (χ0n) is 28.9. The van der Waals surface area contributed by atoms with E-state index in [0.717, 1.165) is 50.4 Å². The molecule has 0 radical (unpaired) electrons. The summed E-state index contributed by atoms with van der Waals surface area (Å²) in [5, 5.41) is 9.79. The van der Waals surface area contributed by atoms with Crippen molar-refractivity contribution in [3.05, 3.63) is 200 Å². The van der Waals surface area contributed by atoms with Crippen LogP contribution in [0.5, 0.6) is 0 Å². The van der Waals surface area contributed by atoms with Crippen LogP contribution in [0.3, 0.4) is 0 Å². The SMILES string of the molecule is C=C1/C=C(c2ccc3c(c2)c2cc4c(cc2n3-c2ccc3ccccc3c2)[nH]c2ccccc24)\C=C/N(c2cccc3ccccc23)c2ccccc21. The second-order valence-electron chi connectivity index (χ2n) is 14.0. The summed E-state index contributed by atoms with van der Waals surface area (Å²) in [5.41, 5.74) is 12.4. The van der Waals surface area contributed by atoms with Crippen LogP contribution in [0.1, 0.15) is 11.1 Å². The molecule has 0 spiro atoms. The van der Waals surface area contributed by atoms with Gasteiger partial charge in [-0.15, -0.1) is 0 Å².